The number of carbonyl (C=O) groups is 3. The number of ketones is 1. The summed E-state index contributed by atoms with van der Waals surface area (Å²) in [5, 5.41) is 2.43. The molecule has 1 saturated heterocycles. The van der Waals surface area contributed by atoms with Crippen LogP contribution in [0.25, 0.3) is 0 Å². The molecule has 2 unspecified atom stereocenters. The molecular weight excluding hydrogens is 449 g/mol. The van der Waals surface area contributed by atoms with Crippen molar-refractivity contribution in [1.82, 2.24) is 10.2 Å². The maximum Gasteiger partial charge on any atom is 0.416 e. The van der Waals surface area contributed by atoms with E-state index < -0.39 is 23.6 Å². The van der Waals surface area contributed by atoms with Gasteiger partial charge in [0.2, 0.25) is 5.91 Å². The Hall–Kier alpha value is -3.24. The third-order valence-corrected chi connectivity index (χ3v) is 6.06. The van der Waals surface area contributed by atoms with Crippen molar-refractivity contribution in [3.8, 4) is 0 Å². The highest BCUT2D eigenvalue weighted by molar-refractivity contribution is 5.97. The monoisotopic (exact) mass is 476 g/mol. The number of halogens is 3. The second-order valence-electron chi connectivity index (χ2n) is 8.37. The molecule has 1 heterocycles. The van der Waals surface area contributed by atoms with Crippen molar-refractivity contribution in [3.05, 3.63) is 70.8 Å². The van der Waals surface area contributed by atoms with Gasteiger partial charge in [-0.15, -0.1) is 0 Å². The Morgan fingerprint density at radius 3 is 2.38 bits per heavy atom. The number of alkyl halides is 3. The molecule has 1 aliphatic rings. The molecule has 3 rings (SSSR count). The molecular formula is C24H27F3N4O3. The van der Waals surface area contributed by atoms with Gasteiger partial charge >= 0.3 is 6.18 Å². The van der Waals surface area contributed by atoms with Crippen LogP contribution in [0, 0.1) is 5.92 Å². The molecule has 10 heteroatoms. The van der Waals surface area contributed by atoms with E-state index in [4.69, 9.17) is 11.5 Å². The molecule has 2 aromatic carbocycles. The topological polar surface area (TPSA) is 119 Å². The van der Waals surface area contributed by atoms with E-state index in [0.717, 1.165) is 23.8 Å². The minimum Gasteiger partial charge on any atom is -0.366 e. The minimum absolute atomic E-state index is 0.0438. The van der Waals surface area contributed by atoms with E-state index in [9.17, 15) is 27.6 Å². The molecule has 1 fully saturated rings. The Morgan fingerprint density at radius 1 is 1.06 bits per heavy atom. The highest BCUT2D eigenvalue weighted by Gasteiger charge is 2.32. The summed E-state index contributed by atoms with van der Waals surface area (Å²) in [6.45, 7) is 1.32. The second-order valence-corrected chi connectivity index (χ2v) is 8.37. The summed E-state index contributed by atoms with van der Waals surface area (Å²) < 4.78 is 38.6. The first-order valence-corrected chi connectivity index (χ1v) is 10.9. The first-order chi connectivity index (χ1) is 16.1. The summed E-state index contributed by atoms with van der Waals surface area (Å²) in [6.07, 6.45) is -3.45. The maximum absolute atomic E-state index is 12.9. The van der Waals surface area contributed by atoms with E-state index in [1.165, 1.54) is 6.07 Å². The Kier molecular flexibility index (Phi) is 8.06. The average Bonchev–Trinajstić information content (AvgIpc) is 2.82. The van der Waals surface area contributed by atoms with Crippen LogP contribution in [0.4, 0.5) is 13.2 Å². The maximum atomic E-state index is 12.9. The largest absolute Gasteiger partial charge is 0.416 e. The number of nitrogens with zero attached hydrogens (tertiary/aromatic N) is 1. The molecule has 0 spiro atoms. The zero-order valence-electron chi connectivity index (χ0n) is 18.5. The average molecular weight is 476 g/mol. The second kappa shape index (κ2) is 10.8. The van der Waals surface area contributed by atoms with E-state index in [1.807, 2.05) is 12.1 Å². The molecule has 0 radical (unpaired) electrons. The van der Waals surface area contributed by atoms with Crippen molar-refractivity contribution >= 4 is 17.6 Å². The number of nitrogens with one attached hydrogen (secondary N) is 1. The number of hydrogen-bond acceptors (Lipinski definition) is 5. The fourth-order valence-corrected chi connectivity index (χ4v) is 4.10. The minimum atomic E-state index is -4.55. The van der Waals surface area contributed by atoms with Crippen LogP contribution in [0.3, 0.4) is 0 Å². The predicted octanol–water partition coefficient (Wildman–Crippen LogP) is 2.34. The number of hydrogen-bond donors (Lipinski definition) is 3. The van der Waals surface area contributed by atoms with Crippen LogP contribution < -0.4 is 16.8 Å². The molecule has 7 nitrogen and oxygen atoms in total. The first-order valence-electron chi connectivity index (χ1n) is 10.9. The number of nitrogens with two attached hydrogens (primary N) is 2. The highest BCUT2D eigenvalue weighted by Crippen LogP contribution is 2.29. The third-order valence-electron chi connectivity index (χ3n) is 6.06. The van der Waals surface area contributed by atoms with E-state index in [2.05, 4.69) is 10.2 Å². The van der Waals surface area contributed by atoms with Gasteiger partial charge in [-0.3, -0.25) is 19.3 Å². The van der Waals surface area contributed by atoms with Crippen LogP contribution in [-0.2, 0) is 17.5 Å². The number of likely N-dealkylation sites (tertiary alicyclic amines) is 1. The highest BCUT2D eigenvalue weighted by atomic mass is 19.4. The van der Waals surface area contributed by atoms with Crippen LogP contribution in [-0.4, -0.2) is 48.2 Å². The van der Waals surface area contributed by atoms with Crippen LogP contribution in [0.15, 0.2) is 48.5 Å². The fraction of sp³-hybridized carbons (Fsp3) is 0.375. The zero-order chi connectivity index (χ0) is 24.9. The van der Waals surface area contributed by atoms with E-state index >= 15 is 0 Å². The fourth-order valence-electron chi connectivity index (χ4n) is 4.10. The molecule has 0 aliphatic carbocycles. The van der Waals surface area contributed by atoms with Gasteiger partial charge in [-0.1, -0.05) is 18.2 Å². The first kappa shape index (κ1) is 25.4. The number of carbonyl (C=O) groups excluding carboxylic acids is 3. The van der Waals surface area contributed by atoms with E-state index in [1.54, 1.807) is 12.1 Å². The van der Waals surface area contributed by atoms with Crippen LogP contribution in [0.2, 0.25) is 0 Å². The number of primary amides is 1. The lowest BCUT2D eigenvalue weighted by Crippen LogP contribution is -2.48. The van der Waals surface area contributed by atoms with Gasteiger partial charge in [-0.2, -0.15) is 13.2 Å². The summed E-state index contributed by atoms with van der Waals surface area (Å²) in [7, 11) is 0. The van der Waals surface area contributed by atoms with E-state index in [0.29, 0.717) is 38.0 Å². The lowest BCUT2D eigenvalue weighted by Gasteiger charge is -2.38. The van der Waals surface area contributed by atoms with Crippen molar-refractivity contribution in [3.63, 3.8) is 0 Å². The number of piperidine rings is 1. The summed E-state index contributed by atoms with van der Waals surface area (Å²) in [4.78, 5) is 38.3. The zero-order valence-corrected chi connectivity index (χ0v) is 18.5. The Balaban J connectivity index is 1.54. The molecule has 0 bridgehead atoms. The van der Waals surface area contributed by atoms with Crippen molar-refractivity contribution in [2.24, 2.45) is 17.4 Å². The van der Waals surface area contributed by atoms with Crippen molar-refractivity contribution in [1.29, 1.82) is 0 Å². The van der Waals surface area contributed by atoms with Gasteiger partial charge in [0.05, 0.1) is 12.1 Å². The molecule has 34 heavy (non-hydrogen) atoms. The SMILES string of the molecule is NCC1CC(C(=O)CNC(=O)c2cccc(C(F)(F)F)c2)CCN1Cc1ccc(C(N)=O)cc1. The lowest BCUT2D eigenvalue weighted by molar-refractivity contribution is -0.137. The summed E-state index contributed by atoms with van der Waals surface area (Å²) in [6, 6.07) is 11.0. The van der Waals surface area contributed by atoms with Gasteiger partial charge in [0.15, 0.2) is 5.78 Å². The van der Waals surface area contributed by atoms with Gasteiger partial charge in [0.1, 0.15) is 0 Å². The summed E-state index contributed by atoms with van der Waals surface area (Å²) >= 11 is 0. The van der Waals surface area contributed by atoms with Crippen LogP contribution in [0.1, 0.15) is 44.7 Å². The lowest BCUT2D eigenvalue weighted by atomic mass is 9.87. The molecule has 0 saturated carbocycles. The standard InChI is InChI=1S/C24H27F3N4O3/c25-24(26,27)19-3-1-2-18(10-19)23(34)30-13-21(32)17-8-9-31(20(11-17)12-28)14-15-4-6-16(7-5-15)22(29)33/h1-7,10,17,20H,8-9,11-14,28H2,(H2,29,33)(H,30,34). The Bertz CT molecular complexity index is 1040. The summed E-state index contributed by atoms with van der Waals surface area (Å²) in [5.74, 6) is -1.70. The molecule has 2 aromatic rings. The Labute approximate surface area is 195 Å². The van der Waals surface area contributed by atoms with Crippen molar-refractivity contribution in [2.75, 3.05) is 19.6 Å². The number of amides is 2. The predicted molar refractivity (Wildman–Crippen MR) is 120 cm³/mol. The van der Waals surface area contributed by atoms with Gasteiger partial charge in [0, 0.05) is 36.2 Å². The molecule has 0 aromatic heterocycles. The number of rotatable bonds is 8. The summed E-state index contributed by atoms with van der Waals surface area (Å²) in [5.41, 5.74) is 11.6. The van der Waals surface area contributed by atoms with Crippen LogP contribution in [0.5, 0.6) is 0 Å². The molecule has 182 valence electrons. The third kappa shape index (κ3) is 6.42. The molecule has 1 aliphatic heterocycles. The Morgan fingerprint density at radius 2 is 1.76 bits per heavy atom. The van der Waals surface area contributed by atoms with E-state index in [-0.39, 0.29) is 29.9 Å². The van der Waals surface area contributed by atoms with Gasteiger partial charge in [-0.05, 0) is 55.3 Å². The van der Waals surface area contributed by atoms with Crippen molar-refractivity contribution in [2.45, 2.75) is 31.6 Å². The number of Topliss-reactive ketones (excluding diaryl/α,β-unsaturated/α-hetero) is 1. The normalized spacial score (nSPS) is 18.9. The van der Waals surface area contributed by atoms with Gasteiger partial charge in [-0.25, -0.2) is 0 Å². The van der Waals surface area contributed by atoms with Gasteiger partial charge < -0.3 is 16.8 Å². The molecule has 2 atom stereocenters. The van der Waals surface area contributed by atoms with Gasteiger partial charge in [0.25, 0.3) is 5.91 Å². The molecule has 2 amide bonds. The smallest absolute Gasteiger partial charge is 0.366 e. The van der Waals surface area contributed by atoms with Crippen LogP contribution >= 0.6 is 0 Å². The number of benzene rings is 2. The molecule has 5 N–H and O–H groups in total. The quantitative estimate of drug-likeness (QED) is 0.541. The van der Waals surface area contributed by atoms with Crippen molar-refractivity contribution < 1.29 is 27.6 Å².